The maximum Gasteiger partial charge on any atom is 0.410 e. The lowest BCUT2D eigenvalue weighted by Gasteiger charge is -2.35. The Kier molecular flexibility index (Phi) is 6.57. The van der Waals surface area contributed by atoms with E-state index in [1.807, 2.05) is 6.07 Å². The molecule has 1 aliphatic rings. The second-order valence-electron chi connectivity index (χ2n) is 7.38. The zero-order valence-corrected chi connectivity index (χ0v) is 17.5. The molecule has 0 aliphatic carbocycles. The molecule has 1 aromatic heterocycles. The summed E-state index contributed by atoms with van der Waals surface area (Å²) in [4.78, 5) is 36.8. The summed E-state index contributed by atoms with van der Waals surface area (Å²) in [6.45, 7) is 4.46. The number of anilines is 2. The Morgan fingerprint density at radius 2 is 1.66 bits per heavy atom. The minimum absolute atomic E-state index is 0.158. The van der Waals surface area contributed by atoms with Crippen LogP contribution in [0.3, 0.4) is 0 Å². The average molecular weight is 432 g/mol. The number of nitrogens with zero attached hydrogens (tertiary/aromatic N) is 4. The molecule has 164 valence electrons. The Balaban J connectivity index is 1.34. The van der Waals surface area contributed by atoms with Crippen LogP contribution in [0.25, 0.3) is 0 Å². The summed E-state index contributed by atoms with van der Waals surface area (Å²) in [5.74, 6) is 0.432. The predicted octanol–water partition coefficient (Wildman–Crippen LogP) is 2.51. The highest BCUT2D eigenvalue weighted by molar-refractivity contribution is 6.03. The number of benzene rings is 2. The van der Waals surface area contributed by atoms with Gasteiger partial charge in [-0.25, -0.2) is 14.8 Å². The number of hydrogen-bond acceptors (Lipinski definition) is 7. The van der Waals surface area contributed by atoms with Gasteiger partial charge in [0.05, 0.1) is 18.1 Å². The van der Waals surface area contributed by atoms with Gasteiger partial charge >= 0.3 is 6.09 Å². The van der Waals surface area contributed by atoms with Crippen molar-refractivity contribution in [3.63, 3.8) is 0 Å². The second-order valence-corrected chi connectivity index (χ2v) is 7.38. The van der Waals surface area contributed by atoms with Crippen LogP contribution in [-0.4, -0.2) is 53.0 Å². The van der Waals surface area contributed by atoms with E-state index in [1.54, 1.807) is 24.4 Å². The number of aromatic nitrogens is 2. The van der Waals surface area contributed by atoms with Crippen molar-refractivity contribution in [2.45, 2.75) is 6.54 Å². The van der Waals surface area contributed by atoms with Crippen LogP contribution < -0.4 is 20.7 Å². The monoisotopic (exact) mass is 432 g/mol. The molecule has 0 atom stereocenters. The zero-order valence-electron chi connectivity index (χ0n) is 17.5. The number of ether oxygens (including phenoxy) is 1. The van der Waals surface area contributed by atoms with Crippen LogP contribution in [0.5, 0.6) is 5.75 Å². The normalized spacial score (nSPS) is 14.1. The predicted molar refractivity (Wildman–Crippen MR) is 121 cm³/mol. The van der Waals surface area contributed by atoms with E-state index in [-0.39, 0.29) is 11.4 Å². The molecule has 2 amide bonds. The first-order valence-electron chi connectivity index (χ1n) is 10.3. The molecule has 0 spiro atoms. The lowest BCUT2D eigenvalue weighted by molar-refractivity contribution is 0.102. The summed E-state index contributed by atoms with van der Waals surface area (Å²) in [7, 11) is 0. The van der Waals surface area contributed by atoms with Gasteiger partial charge in [0.1, 0.15) is 11.5 Å². The van der Waals surface area contributed by atoms with Crippen LogP contribution in [0.2, 0.25) is 0 Å². The van der Waals surface area contributed by atoms with Gasteiger partial charge in [0.25, 0.3) is 5.91 Å². The standard InChI is InChI=1S/C23H24N6O3/c24-23(31)32-20-9-5-4-8-18(20)27-22(30)19-14-26-21(15-25-19)29-12-10-28(11-13-29)16-17-6-2-1-3-7-17/h1-9,14-15H,10-13,16H2,(H2,24,31)(H,27,30). The molecule has 0 saturated carbocycles. The number of carbonyl (C=O) groups is 2. The van der Waals surface area contributed by atoms with E-state index in [2.05, 4.69) is 49.4 Å². The molecule has 1 fully saturated rings. The van der Waals surface area contributed by atoms with Gasteiger partial charge in [0.2, 0.25) is 0 Å². The summed E-state index contributed by atoms with van der Waals surface area (Å²) < 4.78 is 4.90. The Bertz CT molecular complexity index is 1070. The first-order chi connectivity index (χ1) is 15.6. The van der Waals surface area contributed by atoms with E-state index >= 15 is 0 Å². The Morgan fingerprint density at radius 3 is 2.34 bits per heavy atom. The van der Waals surface area contributed by atoms with Crippen LogP contribution in [0.15, 0.2) is 67.0 Å². The number of hydrogen-bond donors (Lipinski definition) is 2. The largest absolute Gasteiger partial charge is 0.410 e. The van der Waals surface area contributed by atoms with Gasteiger partial charge in [0.15, 0.2) is 5.75 Å². The maximum absolute atomic E-state index is 12.6. The minimum Gasteiger partial charge on any atom is -0.408 e. The molecule has 0 unspecified atom stereocenters. The van der Waals surface area contributed by atoms with E-state index in [4.69, 9.17) is 10.5 Å². The number of rotatable bonds is 6. The van der Waals surface area contributed by atoms with E-state index in [9.17, 15) is 9.59 Å². The summed E-state index contributed by atoms with van der Waals surface area (Å²) in [5.41, 5.74) is 6.84. The fourth-order valence-corrected chi connectivity index (χ4v) is 3.53. The van der Waals surface area contributed by atoms with Gasteiger partial charge in [-0.1, -0.05) is 42.5 Å². The third-order valence-corrected chi connectivity index (χ3v) is 5.16. The van der Waals surface area contributed by atoms with E-state index in [0.717, 1.165) is 38.5 Å². The topological polar surface area (TPSA) is 114 Å². The van der Waals surface area contributed by atoms with Crippen LogP contribution in [0.4, 0.5) is 16.3 Å². The number of primary amides is 1. The van der Waals surface area contributed by atoms with Crippen LogP contribution in [0.1, 0.15) is 16.1 Å². The zero-order chi connectivity index (χ0) is 22.3. The fourth-order valence-electron chi connectivity index (χ4n) is 3.53. The van der Waals surface area contributed by atoms with Crippen molar-refractivity contribution in [1.29, 1.82) is 0 Å². The van der Waals surface area contributed by atoms with Gasteiger partial charge in [-0.05, 0) is 17.7 Å². The Labute approximate surface area is 185 Å². The van der Waals surface area contributed by atoms with Crippen molar-refractivity contribution in [1.82, 2.24) is 14.9 Å². The highest BCUT2D eigenvalue weighted by Gasteiger charge is 2.19. The molecule has 1 aliphatic heterocycles. The van der Waals surface area contributed by atoms with Crippen molar-refractivity contribution in [2.75, 3.05) is 36.4 Å². The summed E-state index contributed by atoms with van der Waals surface area (Å²) in [6, 6.07) is 16.9. The van der Waals surface area contributed by atoms with Crippen LogP contribution >= 0.6 is 0 Å². The molecule has 2 aromatic carbocycles. The molecule has 2 heterocycles. The Morgan fingerprint density at radius 1 is 0.938 bits per heavy atom. The van der Waals surface area contributed by atoms with Crippen molar-refractivity contribution in [3.05, 3.63) is 78.2 Å². The van der Waals surface area contributed by atoms with Gasteiger partial charge in [-0.2, -0.15) is 0 Å². The maximum atomic E-state index is 12.6. The summed E-state index contributed by atoms with van der Waals surface area (Å²) in [6.07, 6.45) is 2.09. The third-order valence-electron chi connectivity index (χ3n) is 5.16. The summed E-state index contributed by atoms with van der Waals surface area (Å²) >= 11 is 0. The van der Waals surface area contributed by atoms with Gasteiger partial charge < -0.3 is 20.7 Å². The lowest BCUT2D eigenvalue weighted by Crippen LogP contribution is -2.46. The number of carbonyl (C=O) groups excluding carboxylic acids is 2. The van der Waals surface area contributed by atoms with Crippen LogP contribution in [-0.2, 0) is 6.54 Å². The number of para-hydroxylation sites is 2. The average Bonchev–Trinajstić information content (AvgIpc) is 2.81. The number of nitrogens with one attached hydrogen (secondary N) is 1. The molecule has 3 aromatic rings. The van der Waals surface area contributed by atoms with Gasteiger partial charge in [-0.3, -0.25) is 9.69 Å². The first kappa shape index (κ1) is 21.3. The molecular weight excluding hydrogens is 408 g/mol. The smallest absolute Gasteiger partial charge is 0.408 e. The number of amides is 2. The fraction of sp³-hybridized carbons (Fsp3) is 0.217. The van der Waals surface area contributed by atoms with Crippen molar-refractivity contribution in [3.8, 4) is 5.75 Å². The molecule has 9 nitrogen and oxygen atoms in total. The molecule has 0 radical (unpaired) electrons. The highest BCUT2D eigenvalue weighted by Crippen LogP contribution is 2.24. The van der Waals surface area contributed by atoms with E-state index in [0.29, 0.717) is 5.69 Å². The van der Waals surface area contributed by atoms with Crippen LogP contribution in [0, 0.1) is 0 Å². The highest BCUT2D eigenvalue weighted by atomic mass is 16.5. The quantitative estimate of drug-likeness (QED) is 0.615. The summed E-state index contributed by atoms with van der Waals surface area (Å²) in [5, 5.41) is 2.67. The molecule has 3 N–H and O–H groups in total. The SMILES string of the molecule is NC(=O)Oc1ccccc1NC(=O)c1cnc(N2CCN(Cc3ccccc3)CC2)cn1. The van der Waals surface area contributed by atoms with E-state index < -0.39 is 12.0 Å². The van der Waals surface area contributed by atoms with Gasteiger partial charge in [-0.15, -0.1) is 0 Å². The molecule has 1 saturated heterocycles. The van der Waals surface area contributed by atoms with E-state index in [1.165, 1.54) is 17.8 Å². The molecule has 9 heteroatoms. The lowest BCUT2D eigenvalue weighted by atomic mass is 10.2. The Hall–Kier alpha value is -3.98. The van der Waals surface area contributed by atoms with Crippen molar-refractivity contribution < 1.29 is 14.3 Å². The van der Waals surface area contributed by atoms with Gasteiger partial charge in [0, 0.05) is 32.7 Å². The molecule has 0 bridgehead atoms. The molecule has 4 rings (SSSR count). The third kappa shape index (κ3) is 5.38. The second kappa shape index (κ2) is 9.88. The first-order valence-corrected chi connectivity index (χ1v) is 10.3. The molecular formula is C23H24N6O3. The number of nitrogens with two attached hydrogens (primary N) is 1. The van der Waals surface area contributed by atoms with Crippen molar-refractivity contribution >= 4 is 23.5 Å². The molecule has 32 heavy (non-hydrogen) atoms. The minimum atomic E-state index is -0.959. The van der Waals surface area contributed by atoms with Crippen molar-refractivity contribution in [2.24, 2.45) is 5.73 Å². The number of piperazine rings is 1.